The topological polar surface area (TPSA) is 24.4 Å². The summed E-state index contributed by atoms with van der Waals surface area (Å²) in [6, 6.07) is 18.9. The van der Waals surface area contributed by atoms with E-state index in [2.05, 4.69) is 58.8 Å². The van der Waals surface area contributed by atoms with E-state index in [1.54, 1.807) is 0 Å². The second-order valence-corrected chi connectivity index (χ2v) is 4.42. The minimum absolute atomic E-state index is 0.922. The fraction of sp³-hybridized carbons (Fsp3) is 0.188. The van der Waals surface area contributed by atoms with E-state index in [1.165, 1.54) is 16.7 Å². The van der Waals surface area contributed by atoms with Gasteiger partial charge in [0.25, 0.3) is 0 Å². The Kier molecular flexibility index (Phi) is 3.09. The normalized spacial score (nSPS) is 14.8. The highest BCUT2D eigenvalue weighted by atomic mass is 15.0. The molecule has 90 valence electrons. The van der Waals surface area contributed by atoms with Crippen molar-refractivity contribution in [3.05, 3.63) is 60.2 Å². The van der Waals surface area contributed by atoms with Crippen molar-refractivity contribution in [1.82, 2.24) is 5.32 Å². The number of nitrogens with zero attached hydrogens (tertiary/aromatic N) is 1. The van der Waals surface area contributed by atoms with Crippen molar-refractivity contribution >= 4 is 5.84 Å². The number of nitrogens with one attached hydrogen (secondary N) is 1. The maximum absolute atomic E-state index is 4.59. The standard InChI is InChI=1S/C16H16N2/c1-2-7-13(8-3-1)14-9-4-5-10-15(14)16-17-11-6-12-18-16/h1-5,7-10H,6,11-12H2,(H,17,18). The predicted octanol–water partition coefficient (Wildman–Crippen LogP) is 3.09. The lowest BCUT2D eigenvalue weighted by Gasteiger charge is -2.17. The molecular weight excluding hydrogens is 220 g/mol. The summed E-state index contributed by atoms with van der Waals surface area (Å²) >= 11 is 0. The highest BCUT2D eigenvalue weighted by Gasteiger charge is 2.11. The van der Waals surface area contributed by atoms with E-state index < -0.39 is 0 Å². The van der Waals surface area contributed by atoms with Crippen molar-refractivity contribution in [1.29, 1.82) is 0 Å². The van der Waals surface area contributed by atoms with Crippen LogP contribution in [-0.4, -0.2) is 18.9 Å². The van der Waals surface area contributed by atoms with Gasteiger partial charge in [-0.25, -0.2) is 0 Å². The van der Waals surface area contributed by atoms with Crippen LogP contribution in [0.5, 0.6) is 0 Å². The number of aliphatic imine (C=N–C) groups is 1. The SMILES string of the molecule is c1ccc(-c2ccccc2C2=NCCCN2)cc1. The largest absolute Gasteiger partial charge is 0.370 e. The fourth-order valence-electron chi connectivity index (χ4n) is 2.27. The molecule has 0 fully saturated rings. The Balaban J connectivity index is 2.08. The fourth-order valence-corrected chi connectivity index (χ4v) is 2.27. The van der Waals surface area contributed by atoms with Crippen LogP contribution in [0.4, 0.5) is 0 Å². The van der Waals surface area contributed by atoms with Crippen LogP contribution in [0.3, 0.4) is 0 Å². The molecule has 0 aliphatic carbocycles. The zero-order chi connectivity index (χ0) is 12.2. The summed E-state index contributed by atoms with van der Waals surface area (Å²) < 4.78 is 0. The Hall–Kier alpha value is -2.09. The first kappa shape index (κ1) is 11.0. The van der Waals surface area contributed by atoms with Gasteiger partial charge >= 0.3 is 0 Å². The monoisotopic (exact) mass is 236 g/mol. The summed E-state index contributed by atoms with van der Waals surface area (Å²) in [6.07, 6.45) is 1.12. The molecule has 0 unspecified atom stereocenters. The summed E-state index contributed by atoms with van der Waals surface area (Å²) in [5.74, 6) is 1.03. The molecule has 0 amide bonds. The first-order valence-electron chi connectivity index (χ1n) is 6.38. The van der Waals surface area contributed by atoms with E-state index in [1.807, 2.05) is 6.07 Å². The first-order chi connectivity index (χ1) is 8.95. The molecule has 1 aliphatic heterocycles. The maximum Gasteiger partial charge on any atom is 0.128 e. The van der Waals surface area contributed by atoms with Gasteiger partial charge in [0.15, 0.2) is 0 Å². The van der Waals surface area contributed by atoms with Crippen LogP contribution in [0.25, 0.3) is 11.1 Å². The molecule has 0 saturated carbocycles. The molecular formula is C16H16N2. The van der Waals surface area contributed by atoms with Gasteiger partial charge in [-0.15, -0.1) is 0 Å². The van der Waals surface area contributed by atoms with Gasteiger partial charge in [-0.3, -0.25) is 4.99 Å². The zero-order valence-electron chi connectivity index (χ0n) is 10.3. The van der Waals surface area contributed by atoms with Crippen LogP contribution in [0.2, 0.25) is 0 Å². The van der Waals surface area contributed by atoms with Gasteiger partial charge in [-0.05, 0) is 17.5 Å². The van der Waals surface area contributed by atoms with Crippen LogP contribution >= 0.6 is 0 Å². The smallest absolute Gasteiger partial charge is 0.128 e. The van der Waals surface area contributed by atoms with Crippen LogP contribution in [0.15, 0.2) is 59.6 Å². The maximum atomic E-state index is 4.59. The summed E-state index contributed by atoms with van der Waals surface area (Å²) in [5, 5.41) is 3.40. The van der Waals surface area contributed by atoms with Crippen LogP contribution < -0.4 is 5.32 Å². The van der Waals surface area contributed by atoms with Gasteiger partial charge in [0.05, 0.1) is 0 Å². The number of amidine groups is 1. The second-order valence-electron chi connectivity index (χ2n) is 4.42. The predicted molar refractivity (Wildman–Crippen MR) is 75.9 cm³/mol. The highest BCUT2D eigenvalue weighted by Crippen LogP contribution is 2.23. The highest BCUT2D eigenvalue weighted by molar-refractivity contribution is 6.04. The molecule has 0 bridgehead atoms. The lowest BCUT2D eigenvalue weighted by atomic mass is 9.98. The number of hydrogen-bond donors (Lipinski definition) is 1. The second kappa shape index (κ2) is 5.05. The van der Waals surface area contributed by atoms with Gasteiger partial charge in [0.1, 0.15) is 5.84 Å². The Morgan fingerprint density at radius 3 is 2.28 bits per heavy atom. The van der Waals surface area contributed by atoms with E-state index in [0.717, 1.165) is 25.3 Å². The molecule has 0 radical (unpaired) electrons. The third-order valence-electron chi connectivity index (χ3n) is 3.16. The van der Waals surface area contributed by atoms with E-state index in [0.29, 0.717) is 0 Å². The molecule has 18 heavy (non-hydrogen) atoms. The van der Waals surface area contributed by atoms with Gasteiger partial charge in [-0.1, -0.05) is 54.6 Å². The molecule has 2 heteroatoms. The number of hydrogen-bond acceptors (Lipinski definition) is 2. The molecule has 2 aromatic rings. The molecule has 1 N–H and O–H groups in total. The summed E-state index contributed by atoms with van der Waals surface area (Å²) in [5.41, 5.74) is 3.68. The quantitative estimate of drug-likeness (QED) is 0.851. The Bertz CT molecular complexity index is 558. The van der Waals surface area contributed by atoms with Crippen molar-refractivity contribution < 1.29 is 0 Å². The van der Waals surface area contributed by atoms with Crippen molar-refractivity contribution in [3.63, 3.8) is 0 Å². The average molecular weight is 236 g/mol. The van der Waals surface area contributed by atoms with Gasteiger partial charge in [-0.2, -0.15) is 0 Å². The van der Waals surface area contributed by atoms with E-state index in [4.69, 9.17) is 0 Å². The Morgan fingerprint density at radius 2 is 1.56 bits per heavy atom. The van der Waals surface area contributed by atoms with E-state index in [9.17, 15) is 0 Å². The van der Waals surface area contributed by atoms with Crippen molar-refractivity contribution in [3.8, 4) is 11.1 Å². The third kappa shape index (κ3) is 2.14. The van der Waals surface area contributed by atoms with Crippen LogP contribution in [0, 0.1) is 0 Å². The summed E-state index contributed by atoms with van der Waals surface area (Å²) in [6.45, 7) is 1.94. The average Bonchev–Trinajstić information content (AvgIpc) is 2.49. The zero-order valence-corrected chi connectivity index (χ0v) is 10.3. The molecule has 2 nitrogen and oxygen atoms in total. The third-order valence-corrected chi connectivity index (χ3v) is 3.16. The van der Waals surface area contributed by atoms with Crippen LogP contribution in [0.1, 0.15) is 12.0 Å². The Morgan fingerprint density at radius 1 is 0.833 bits per heavy atom. The van der Waals surface area contributed by atoms with Gasteiger partial charge in [0, 0.05) is 18.7 Å². The molecule has 0 aromatic heterocycles. The number of benzene rings is 2. The van der Waals surface area contributed by atoms with E-state index >= 15 is 0 Å². The van der Waals surface area contributed by atoms with Crippen molar-refractivity contribution in [2.24, 2.45) is 4.99 Å². The lowest BCUT2D eigenvalue weighted by molar-refractivity contribution is 0.742. The van der Waals surface area contributed by atoms with Crippen molar-refractivity contribution in [2.75, 3.05) is 13.1 Å². The first-order valence-corrected chi connectivity index (χ1v) is 6.38. The van der Waals surface area contributed by atoms with Crippen molar-refractivity contribution in [2.45, 2.75) is 6.42 Å². The Labute approximate surface area is 107 Å². The molecule has 2 aromatic carbocycles. The summed E-state index contributed by atoms with van der Waals surface area (Å²) in [4.78, 5) is 4.59. The minimum Gasteiger partial charge on any atom is -0.370 e. The van der Waals surface area contributed by atoms with Gasteiger partial charge in [0.2, 0.25) is 0 Å². The summed E-state index contributed by atoms with van der Waals surface area (Å²) in [7, 11) is 0. The minimum atomic E-state index is 0.922. The molecule has 0 saturated heterocycles. The molecule has 1 aliphatic rings. The molecule has 0 spiro atoms. The molecule has 3 rings (SSSR count). The van der Waals surface area contributed by atoms with E-state index in [-0.39, 0.29) is 0 Å². The lowest BCUT2D eigenvalue weighted by Crippen LogP contribution is -2.30. The molecule has 0 atom stereocenters. The molecule has 1 heterocycles. The van der Waals surface area contributed by atoms with Gasteiger partial charge < -0.3 is 5.32 Å². The number of rotatable bonds is 2. The van der Waals surface area contributed by atoms with Crippen LogP contribution in [-0.2, 0) is 0 Å².